The van der Waals surface area contributed by atoms with Gasteiger partial charge in [0.25, 0.3) is 0 Å². The van der Waals surface area contributed by atoms with Gasteiger partial charge in [-0.1, -0.05) is 140 Å². The first-order valence-corrected chi connectivity index (χ1v) is 14.3. The van der Waals surface area contributed by atoms with Crippen molar-refractivity contribution in [1.82, 2.24) is 0 Å². The van der Waals surface area contributed by atoms with Crippen LogP contribution < -0.4 is 15.9 Å². The molecule has 0 atom stereocenters. The van der Waals surface area contributed by atoms with Crippen molar-refractivity contribution in [2.75, 3.05) is 0 Å². The van der Waals surface area contributed by atoms with Gasteiger partial charge in [-0.25, -0.2) is 0 Å². The normalized spacial score (nSPS) is 13.8. The highest BCUT2D eigenvalue weighted by atomic mass is 31.1. The molecule has 0 spiro atoms. The minimum atomic E-state index is -0.694. The molecule has 0 heterocycles. The second kappa shape index (κ2) is 9.47. The molecule has 0 aromatic heterocycles. The van der Waals surface area contributed by atoms with Gasteiger partial charge >= 0.3 is 0 Å². The van der Waals surface area contributed by atoms with Gasteiger partial charge in [0.1, 0.15) is 0 Å². The third-order valence-electron chi connectivity index (χ3n) is 7.57. The molecule has 2 aliphatic carbocycles. The summed E-state index contributed by atoms with van der Waals surface area (Å²) in [4.78, 5) is 0. The molecule has 7 rings (SSSR count). The fourth-order valence-corrected chi connectivity index (χ4v) is 8.62. The molecular weight excluding hydrogens is 463 g/mol. The molecule has 0 amide bonds. The van der Waals surface area contributed by atoms with Gasteiger partial charge < -0.3 is 0 Å². The monoisotopic (exact) mass is 490 g/mol. The van der Waals surface area contributed by atoms with Crippen molar-refractivity contribution < 1.29 is 0 Å². The summed E-state index contributed by atoms with van der Waals surface area (Å²) < 4.78 is 0. The van der Waals surface area contributed by atoms with E-state index in [4.69, 9.17) is 0 Å². The van der Waals surface area contributed by atoms with Crippen molar-refractivity contribution in [1.29, 1.82) is 0 Å². The molecule has 0 fully saturated rings. The van der Waals surface area contributed by atoms with E-state index in [1.54, 1.807) is 0 Å². The van der Waals surface area contributed by atoms with Crippen LogP contribution in [0.15, 0.2) is 140 Å². The van der Waals surface area contributed by atoms with Crippen LogP contribution >= 0.6 is 7.92 Å². The Morgan fingerprint density at radius 3 is 1.30 bits per heavy atom. The summed E-state index contributed by atoms with van der Waals surface area (Å²) in [5, 5.41) is 4.39. The number of hydrogen-bond donors (Lipinski definition) is 0. The maximum atomic E-state index is 2.42. The Bertz CT molecular complexity index is 1540. The SMILES string of the molecule is C1=C(c2ccccc2)c2cccc(P(c3ccccc3)c3cccc4c3CC=C4c3ccccc3)c2C1. The summed E-state index contributed by atoms with van der Waals surface area (Å²) in [7, 11) is -0.694. The van der Waals surface area contributed by atoms with Crippen molar-refractivity contribution >= 4 is 35.0 Å². The van der Waals surface area contributed by atoms with Crippen LogP contribution in [0.3, 0.4) is 0 Å². The van der Waals surface area contributed by atoms with Crippen molar-refractivity contribution in [2.24, 2.45) is 0 Å². The molecule has 2 aliphatic rings. The summed E-state index contributed by atoms with van der Waals surface area (Å²) in [6.07, 6.45) is 6.83. The van der Waals surface area contributed by atoms with Gasteiger partial charge in [-0.15, -0.1) is 0 Å². The van der Waals surface area contributed by atoms with E-state index in [1.807, 2.05) is 0 Å². The maximum absolute atomic E-state index is 2.42. The molecule has 0 radical (unpaired) electrons. The molecule has 5 aromatic carbocycles. The second-order valence-electron chi connectivity index (χ2n) is 9.65. The Kier molecular flexibility index (Phi) is 5.69. The molecule has 37 heavy (non-hydrogen) atoms. The Balaban J connectivity index is 1.38. The van der Waals surface area contributed by atoms with Gasteiger partial charge in [0.05, 0.1) is 0 Å². The molecule has 0 aliphatic heterocycles. The van der Waals surface area contributed by atoms with Crippen LogP contribution in [0.1, 0.15) is 33.4 Å². The van der Waals surface area contributed by atoms with Crippen LogP contribution in [0.5, 0.6) is 0 Å². The van der Waals surface area contributed by atoms with E-state index < -0.39 is 7.92 Å². The van der Waals surface area contributed by atoms with Crippen molar-refractivity contribution in [3.05, 3.63) is 173 Å². The first kappa shape index (κ1) is 22.2. The van der Waals surface area contributed by atoms with Gasteiger partial charge in [-0.3, -0.25) is 0 Å². The van der Waals surface area contributed by atoms with E-state index in [9.17, 15) is 0 Å². The van der Waals surface area contributed by atoms with Gasteiger partial charge in [0.15, 0.2) is 0 Å². The number of hydrogen-bond acceptors (Lipinski definition) is 0. The molecule has 0 nitrogen and oxygen atoms in total. The lowest BCUT2D eigenvalue weighted by Crippen LogP contribution is -2.26. The van der Waals surface area contributed by atoms with E-state index in [0.717, 1.165) is 12.8 Å². The summed E-state index contributed by atoms with van der Waals surface area (Å²) in [5.41, 5.74) is 11.1. The minimum Gasteiger partial charge on any atom is -0.0716 e. The zero-order chi connectivity index (χ0) is 24.6. The Hall–Kier alpha value is -3.99. The molecule has 0 N–H and O–H groups in total. The number of allylic oxidation sites excluding steroid dienone is 2. The zero-order valence-corrected chi connectivity index (χ0v) is 21.5. The average Bonchev–Trinajstić information content (AvgIpc) is 3.61. The maximum Gasteiger partial charge on any atom is -0.00753 e. The second-order valence-corrected chi connectivity index (χ2v) is 11.8. The van der Waals surface area contributed by atoms with Gasteiger partial charge in [0, 0.05) is 0 Å². The first-order valence-electron chi connectivity index (χ1n) is 13.0. The van der Waals surface area contributed by atoms with E-state index in [2.05, 4.69) is 140 Å². The summed E-state index contributed by atoms with van der Waals surface area (Å²) in [6, 6.07) is 46.8. The van der Waals surface area contributed by atoms with E-state index in [1.165, 1.54) is 60.4 Å². The Morgan fingerprint density at radius 1 is 0.405 bits per heavy atom. The topological polar surface area (TPSA) is 0 Å². The minimum absolute atomic E-state index is 0.694. The highest BCUT2D eigenvalue weighted by molar-refractivity contribution is 7.80. The van der Waals surface area contributed by atoms with E-state index >= 15 is 0 Å². The van der Waals surface area contributed by atoms with Crippen LogP contribution in [-0.2, 0) is 12.8 Å². The summed E-state index contributed by atoms with van der Waals surface area (Å²) in [5.74, 6) is 0. The summed E-state index contributed by atoms with van der Waals surface area (Å²) in [6.45, 7) is 0. The quantitative estimate of drug-likeness (QED) is 0.225. The van der Waals surface area contributed by atoms with Crippen LogP contribution in [0, 0.1) is 0 Å². The molecule has 0 saturated heterocycles. The first-order chi connectivity index (χ1) is 18.4. The molecular formula is C36H27P. The molecule has 0 unspecified atom stereocenters. The Labute approximate surface area is 220 Å². The van der Waals surface area contributed by atoms with Gasteiger partial charge in [0.2, 0.25) is 0 Å². The average molecular weight is 491 g/mol. The molecule has 176 valence electrons. The molecule has 1 heteroatoms. The standard InChI is InChI=1S/C36H27P/c1-4-12-26(13-5-1)29-22-24-33-31(29)18-10-20-35(33)37(28-16-8-3-9-17-28)36-21-11-19-32-30(23-25-34(32)36)27-14-6-2-7-15-27/h1-23H,24-25H2. The highest BCUT2D eigenvalue weighted by Crippen LogP contribution is 2.43. The molecule has 5 aromatic rings. The Morgan fingerprint density at radius 2 is 0.838 bits per heavy atom. The lowest BCUT2D eigenvalue weighted by Gasteiger charge is -2.25. The van der Waals surface area contributed by atoms with E-state index in [-0.39, 0.29) is 0 Å². The lowest BCUT2D eigenvalue weighted by atomic mass is 9.99. The number of rotatable bonds is 5. The van der Waals surface area contributed by atoms with E-state index in [0.29, 0.717) is 0 Å². The van der Waals surface area contributed by atoms with Crippen LogP contribution in [0.25, 0.3) is 11.1 Å². The zero-order valence-electron chi connectivity index (χ0n) is 20.6. The van der Waals surface area contributed by atoms with Crippen LogP contribution in [0.2, 0.25) is 0 Å². The van der Waals surface area contributed by atoms with Crippen molar-refractivity contribution in [3.63, 3.8) is 0 Å². The van der Waals surface area contributed by atoms with Gasteiger partial charge in [-0.2, -0.15) is 0 Å². The fraction of sp³-hybridized carbons (Fsp3) is 0.0556. The van der Waals surface area contributed by atoms with Gasteiger partial charge in [-0.05, 0) is 81.2 Å². The predicted molar refractivity (Wildman–Crippen MR) is 160 cm³/mol. The lowest BCUT2D eigenvalue weighted by molar-refractivity contribution is 1.33. The fourth-order valence-electron chi connectivity index (χ4n) is 5.90. The van der Waals surface area contributed by atoms with Crippen LogP contribution in [0.4, 0.5) is 0 Å². The van der Waals surface area contributed by atoms with Crippen molar-refractivity contribution in [2.45, 2.75) is 12.8 Å². The summed E-state index contributed by atoms with van der Waals surface area (Å²) >= 11 is 0. The molecule has 0 bridgehead atoms. The predicted octanol–water partition coefficient (Wildman–Crippen LogP) is 7.42. The third-order valence-corrected chi connectivity index (χ3v) is 10.2. The third kappa shape index (κ3) is 3.90. The number of benzene rings is 5. The van der Waals surface area contributed by atoms with Crippen molar-refractivity contribution in [3.8, 4) is 0 Å². The largest absolute Gasteiger partial charge is 0.0716 e. The smallest absolute Gasteiger partial charge is 0.00753 e. The number of fused-ring (bicyclic) bond motifs is 2. The molecule has 0 saturated carbocycles. The van der Waals surface area contributed by atoms with Crippen LogP contribution in [-0.4, -0.2) is 0 Å². The highest BCUT2D eigenvalue weighted by Gasteiger charge is 2.28.